The third-order valence-electron chi connectivity index (χ3n) is 3.01. The summed E-state index contributed by atoms with van der Waals surface area (Å²) in [6.07, 6.45) is 1.78. The fraction of sp³-hybridized carbons (Fsp3) is 0.667. The summed E-state index contributed by atoms with van der Waals surface area (Å²) in [5, 5.41) is 17.0. The summed E-state index contributed by atoms with van der Waals surface area (Å²) < 4.78 is 0. The van der Waals surface area contributed by atoms with Crippen molar-refractivity contribution in [3.63, 3.8) is 0 Å². The molecule has 1 saturated heterocycles. The van der Waals surface area contributed by atoms with E-state index in [1.165, 1.54) is 0 Å². The Balaban J connectivity index is 1.95. The Labute approximate surface area is 77.1 Å². The molecule has 66 valence electrons. The fourth-order valence-electron chi connectivity index (χ4n) is 2.13. The summed E-state index contributed by atoms with van der Waals surface area (Å²) in [7, 11) is 0. The third-order valence-corrected chi connectivity index (χ3v) is 3.01. The van der Waals surface area contributed by atoms with Crippen LogP contribution in [0, 0.1) is 40.5 Å². The molecule has 4 heteroatoms. The average Bonchev–Trinajstić information content (AvgIpc) is 2.58. The Morgan fingerprint density at radius 3 is 2.46 bits per heavy atom. The molecule has 2 aliphatic rings. The van der Waals surface area contributed by atoms with E-state index in [2.05, 4.69) is 16.0 Å². The molecule has 2 atom stereocenters. The van der Waals surface area contributed by atoms with E-state index < -0.39 is 0 Å². The van der Waals surface area contributed by atoms with E-state index in [4.69, 9.17) is 10.5 Å². The Morgan fingerprint density at radius 2 is 2.00 bits per heavy atom. The molecule has 0 aromatic rings. The molecule has 1 aliphatic heterocycles. The number of aliphatic imine (C=N–C) groups is 1. The van der Waals surface area contributed by atoms with Gasteiger partial charge in [-0.1, -0.05) is 0 Å². The van der Waals surface area contributed by atoms with Gasteiger partial charge in [0.2, 0.25) is 6.19 Å². The summed E-state index contributed by atoms with van der Waals surface area (Å²) in [6, 6.07) is 2.30. The molecule has 13 heavy (non-hydrogen) atoms. The number of likely N-dealkylation sites (tertiary alicyclic amines) is 1. The zero-order valence-electron chi connectivity index (χ0n) is 7.44. The van der Waals surface area contributed by atoms with Crippen molar-refractivity contribution in [3.05, 3.63) is 0 Å². The quantitative estimate of drug-likeness (QED) is 0.306. The summed E-state index contributed by atoms with van der Waals surface area (Å²) in [5.41, 5.74) is 0. The van der Waals surface area contributed by atoms with Gasteiger partial charge in [0.15, 0.2) is 0 Å². The second-order valence-electron chi connectivity index (χ2n) is 3.65. The largest absolute Gasteiger partial charge is 0.359 e. The monoisotopic (exact) mass is 174 g/mol. The smallest absolute Gasteiger partial charge is 0.207 e. The van der Waals surface area contributed by atoms with Crippen molar-refractivity contribution in [1.29, 1.82) is 10.5 Å². The maximum atomic E-state index is 8.69. The molecule has 0 aromatic heterocycles. The molecule has 0 radical (unpaired) electrons. The SMILES string of the molecule is CC(=NC#N)N1CC2C(C#N)C2C1. The summed E-state index contributed by atoms with van der Waals surface area (Å²) in [4.78, 5) is 5.77. The van der Waals surface area contributed by atoms with Gasteiger partial charge in [0.05, 0.1) is 12.0 Å². The van der Waals surface area contributed by atoms with Gasteiger partial charge in [-0.2, -0.15) is 15.5 Å². The van der Waals surface area contributed by atoms with Crippen molar-refractivity contribution in [2.45, 2.75) is 6.92 Å². The highest BCUT2D eigenvalue weighted by atomic mass is 15.2. The molecule has 1 aliphatic carbocycles. The number of hydrogen-bond acceptors (Lipinski definition) is 3. The lowest BCUT2D eigenvalue weighted by Crippen LogP contribution is -2.29. The van der Waals surface area contributed by atoms with Crippen molar-refractivity contribution >= 4 is 5.84 Å². The summed E-state index contributed by atoms with van der Waals surface area (Å²) in [6.45, 7) is 3.65. The minimum atomic E-state index is 0.270. The van der Waals surface area contributed by atoms with Crippen LogP contribution < -0.4 is 0 Å². The van der Waals surface area contributed by atoms with E-state index in [0.717, 1.165) is 18.9 Å². The summed E-state index contributed by atoms with van der Waals surface area (Å²) >= 11 is 0. The van der Waals surface area contributed by atoms with Crippen molar-refractivity contribution < 1.29 is 0 Å². The van der Waals surface area contributed by atoms with E-state index in [1.54, 1.807) is 6.19 Å². The standard InChI is InChI=1S/C9H10N4/c1-6(12-5-11)13-3-8-7(2-10)9(8)4-13/h7-9H,3-4H2,1H3. The number of nitriles is 2. The highest BCUT2D eigenvalue weighted by molar-refractivity contribution is 5.81. The highest BCUT2D eigenvalue weighted by Gasteiger charge is 2.56. The van der Waals surface area contributed by atoms with Crippen molar-refractivity contribution in [2.75, 3.05) is 13.1 Å². The Morgan fingerprint density at radius 1 is 1.38 bits per heavy atom. The van der Waals surface area contributed by atoms with Crippen LogP contribution in [0.1, 0.15) is 6.92 Å². The van der Waals surface area contributed by atoms with Gasteiger partial charge in [0.25, 0.3) is 0 Å². The minimum Gasteiger partial charge on any atom is -0.359 e. The lowest BCUT2D eigenvalue weighted by molar-refractivity contribution is 0.440. The van der Waals surface area contributed by atoms with Gasteiger partial charge in [-0.05, 0) is 18.8 Å². The van der Waals surface area contributed by atoms with Gasteiger partial charge in [-0.3, -0.25) is 0 Å². The zero-order valence-corrected chi connectivity index (χ0v) is 7.44. The number of piperidine rings is 1. The van der Waals surface area contributed by atoms with E-state index in [0.29, 0.717) is 11.8 Å². The topological polar surface area (TPSA) is 63.2 Å². The fourth-order valence-corrected chi connectivity index (χ4v) is 2.13. The third kappa shape index (κ3) is 1.15. The molecule has 2 rings (SSSR count). The lowest BCUT2D eigenvalue weighted by Gasteiger charge is -2.18. The maximum absolute atomic E-state index is 8.69. The number of rotatable bonds is 0. The van der Waals surface area contributed by atoms with Crippen LogP contribution in [0.25, 0.3) is 0 Å². The van der Waals surface area contributed by atoms with Crippen LogP contribution in [-0.4, -0.2) is 23.8 Å². The lowest BCUT2D eigenvalue weighted by atomic mass is 10.3. The molecule has 0 N–H and O–H groups in total. The molecule has 0 aromatic carbocycles. The van der Waals surface area contributed by atoms with Crippen LogP contribution in [-0.2, 0) is 0 Å². The molecular formula is C9H10N4. The second kappa shape index (κ2) is 2.74. The number of hydrogen-bond donors (Lipinski definition) is 0. The average molecular weight is 174 g/mol. The van der Waals surface area contributed by atoms with Gasteiger partial charge >= 0.3 is 0 Å². The van der Waals surface area contributed by atoms with Gasteiger partial charge in [-0.25, -0.2) is 0 Å². The second-order valence-corrected chi connectivity index (χ2v) is 3.65. The maximum Gasteiger partial charge on any atom is 0.207 e. The molecule has 2 fully saturated rings. The van der Waals surface area contributed by atoms with Crippen LogP contribution in [0.15, 0.2) is 4.99 Å². The molecule has 0 amide bonds. The molecular weight excluding hydrogens is 164 g/mol. The molecule has 0 bridgehead atoms. The van der Waals surface area contributed by atoms with Gasteiger partial charge in [-0.15, -0.1) is 0 Å². The van der Waals surface area contributed by atoms with Crippen LogP contribution >= 0.6 is 0 Å². The first-order valence-electron chi connectivity index (χ1n) is 4.36. The molecule has 1 saturated carbocycles. The number of fused-ring (bicyclic) bond motifs is 1. The van der Waals surface area contributed by atoms with Crippen LogP contribution in [0.5, 0.6) is 0 Å². The first-order chi connectivity index (χ1) is 6.27. The van der Waals surface area contributed by atoms with Crippen molar-refractivity contribution in [3.8, 4) is 12.3 Å². The first kappa shape index (κ1) is 8.07. The Hall–Kier alpha value is -1.55. The minimum absolute atomic E-state index is 0.270. The van der Waals surface area contributed by atoms with Gasteiger partial charge < -0.3 is 4.90 Å². The van der Waals surface area contributed by atoms with E-state index >= 15 is 0 Å². The highest BCUT2D eigenvalue weighted by Crippen LogP contribution is 2.51. The predicted octanol–water partition coefficient (Wildman–Crippen LogP) is 0.587. The number of nitrogens with zero attached hydrogens (tertiary/aromatic N) is 4. The molecule has 0 spiro atoms. The van der Waals surface area contributed by atoms with Crippen LogP contribution in [0.3, 0.4) is 0 Å². The van der Waals surface area contributed by atoms with E-state index in [-0.39, 0.29) is 5.92 Å². The van der Waals surface area contributed by atoms with Crippen molar-refractivity contribution in [2.24, 2.45) is 22.7 Å². The molecule has 1 heterocycles. The normalized spacial score (nSPS) is 36.4. The summed E-state index contributed by atoms with van der Waals surface area (Å²) in [5.74, 6) is 2.13. The predicted molar refractivity (Wildman–Crippen MR) is 46.4 cm³/mol. The molecule has 4 nitrogen and oxygen atoms in total. The van der Waals surface area contributed by atoms with E-state index in [1.807, 2.05) is 6.92 Å². The molecule has 2 unspecified atom stereocenters. The van der Waals surface area contributed by atoms with Crippen molar-refractivity contribution in [1.82, 2.24) is 4.90 Å². The zero-order chi connectivity index (χ0) is 9.42. The van der Waals surface area contributed by atoms with Crippen LogP contribution in [0.4, 0.5) is 0 Å². The van der Waals surface area contributed by atoms with Gasteiger partial charge in [0, 0.05) is 13.1 Å². The Kier molecular flexibility index (Phi) is 1.70. The van der Waals surface area contributed by atoms with E-state index in [9.17, 15) is 0 Å². The number of amidine groups is 1. The van der Waals surface area contributed by atoms with Crippen LogP contribution in [0.2, 0.25) is 0 Å². The first-order valence-corrected chi connectivity index (χ1v) is 4.36. The van der Waals surface area contributed by atoms with Gasteiger partial charge in [0.1, 0.15) is 5.84 Å². The Bertz CT molecular complexity index is 321.